The first-order chi connectivity index (χ1) is 10.2. The molecule has 0 unspecified atom stereocenters. The zero-order valence-corrected chi connectivity index (χ0v) is 11.0. The molecule has 0 aliphatic rings. The second-order valence-corrected chi connectivity index (χ2v) is 4.16. The van der Waals surface area contributed by atoms with Crippen molar-refractivity contribution in [1.82, 2.24) is 24.5 Å². The lowest BCUT2D eigenvalue weighted by Crippen LogP contribution is -2.07. The molecule has 3 rings (SSSR count). The van der Waals surface area contributed by atoms with Crippen LogP contribution in [0.25, 0.3) is 17.3 Å². The van der Waals surface area contributed by atoms with Gasteiger partial charge in [-0.25, -0.2) is 13.8 Å². The summed E-state index contributed by atoms with van der Waals surface area (Å²) < 4.78 is 28.2. The van der Waals surface area contributed by atoms with Gasteiger partial charge in [0.25, 0.3) is 0 Å². The van der Waals surface area contributed by atoms with Gasteiger partial charge in [0, 0.05) is 31.1 Å². The Morgan fingerprint density at radius 2 is 1.81 bits per heavy atom. The first-order valence-electron chi connectivity index (χ1n) is 6.04. The highest BCUT2D eigenvalue weighted by Gasteiger charge is 2.11. The number of benzene rings is 1. The van der Waals surface area contributed by atoms with E-state index >= 15 is 0 Å². The van der Waals surface area contributed by atoms with Crippen molar-refractivity contribution in [3.63, 3.8) is 0 Å². The van der Waals surface area contributed by atoms with Crippen molar-refractivity contribution in [3.8, 4) is 17.3 Å². The average molecular weight is 288 g/mol. The summed E-state index contributed by atoms with van der Waals surface area (Å²) in [5.41, 5.74) is 0.229. The summed E-state index contributed by atoms with van der Waals surface area (Å²) in [5, 5.41) is 2.79. The third kappa shape index (κ3) is 2.69. The van der Waals surface area contributed by atoms with Gasteiger partial charge in [-0.3, -0.25) is 4.57 Å². The monoisotopic (exact) mass is 288 g/mol. The molecule has 3 aromatic rings. The fraction of sp³-hybridized carbons (Fsp3) is 0.0769. The van der Waals surface area contributed by atoms with Crippen molar-refractivity contribution >= 4 is 5.95 Å². The first-order valence-corrected chi connectivity index (χ1v) is 6.04. The van der Waals surface area contributed by atoms with Gasteiger partial charge in [0.05, 0.1) is 0 Å². The average Bonchev–Trinajstić information content (AvgIpc) is 3.00. The maximum atomic E-state index is 13.3. The van der Waals surface area contributed by atoms with Crippen LogP contribution >= 0.6 is 0 Å². The van der Waals surface area contributed by atoms with E-state index in [1.54, 1.807) is 24.0 Å². The van der Waals surface area contributed by atoms with Crippen molar-refractivity contribution < 1.29 is 8.78 Å². The number of nitrogens with one attached hydrogen (secondary N) is 1. The van der Waals surface area contributed by atoms with E-state index in [0.717, 1.165) is 18.2 Å². The maximum Gasteiger partial charge on any atom is 0.240 e. The van der Waals surface area contributed by atoms with Crippen LogP contribution in [-0.4, -0.2) is 31.6 Å². The quantitative estimate of drug-likeness (QED) is 0.798. The molecule has 1 N–H and O–H groups in total. The second-order valence-electron chi connectivity index (χ2n) is 4.16. The zero-order chi connectivity index (χ0) is 14.8. The Bertz CT molecular complexity index is 752. The molecule has 0 atom stereocenters. The number of nitrogens with zero attached hydrogens (tertiary/aromatic N) is 5. The largest absolute Gasteiger partial charge is 0.357 e. The van der Waals surface area contributed by atoms with E-state index in [9.17, 15) is 8.78 Å². The molecule has 0 saturated heterocycles. The number of imidazole rings is 1. The van der Waals surface area contributed by atoms with Crippen molar-refractivity contribution in [2.75, 3.05) is 12.4 Å². The van der Waals surface area contributed by atoms with Crippen molar-refractivity contribution in [2.24, 2.45) is 0 Å². The molecule has 0 fully saturated rings. The Kier molecular flexibility index (Phi) is 3.27. The summed E-state index contributed by atoms with van der Waals surface area (Å²) in [6.45, 7) is 0. The van der Waals surface area contributed by atoms with Crippen LogP contribution in [-0.2, 0) is 0 Å². The van der Waals surface area contributed by atoms with Crippen LogP contribution in [0, 0.1) is 11.6 Å². The summed E-state index contributed by atoms with van der Waals surface area (Å²) in [6, 6.07) is 3.12. The maximum absolute atomic E-state index is 13.3. The van der Waals surface area contributed by atoms with Crippen LogP contribution in [0.2, 0.25) is 0 Å². The highest BCUT2D eigenvalue weighted by molar-refractivity contribution is 5.57. The molecule has 21 heavy (non-hydrogen) atoms. The third-order valence-electron chi connectivity index (χ3n) is 2.70. The molecule has 0 aliphatic heterocycles. The summed E-state index contributed by atoms with van der Waals surface area (Å²) in [6.07, 6.45) is 4.75. The lowest BCUT2D eigenvalue weighted by molar-refractivity contribution is 0.584. The van der Waals surface area contributed by atoms with Crippen molar-refractivity contribution in [1.29, 1.82) is 0 Å². The highest BCUT2D eigenvalue weighted by Crippen LogP contribution is 2.20. The molecule has 1 aromatic carbocycles. The molecule has 0 spiro atoms. The molecular formula is C13H10F2N6. The number of aromatic nitrogens is 5. The van der Waals surface area contributed by atoms with Crippen LogP contribution in [0.15, 0.2) is 36.9 Å². The Morgan fingerprint density at radius 3 is 2.43 bits per heavy atom. The van der Waals surface area contributed by atoms with E-state index in [2.05, 4.69) is 25.3 Å². The molecule has 0 amide bonds. The Morgan fingerprint density at radius 1 is 1.05 bits per heavy atom. The number of halogens is 2. The molecule has 106 valence electrons. The van der Waals surface area contributed by atoms with Crippen LogP contribution in [0.4, 0.5) is 14.7 Å². The molecular weight excluding hydrogens is 278 g/mol. The number of hydrogen-bond acceptors (Lipinski definition) is 5. The van der Waals surface area contributed by atoms with Gasteiger partial charge in [-0.15, -0.1) is 0 Å². The predicted molar refractivity (Wildman–Crippen MR) is 71.8 cm³/mol. The minimum absolute atomic E-state index is 0.163. The van der Waals surface area contributed by atoms with Gasteiger partial charge in [0.1, 0.15) is 18.0 Å². The summed E-state index contributed by atoms with van der Waals surface area (Å²) in [4.78, 5) is 16.4. The van der Waals surface area contributed by atoms with Crippen LogP contribution in [0.1, 0.15) is 0 Å². The van der Waals surface area contributed by atoms with Crippen molar-refractivity contribution in [2.45, 2.75) is 0 Å². The summed E-state index contributed by atoms with van der Waals surface area (Å²) >= 11 is 0. The van der Waals surface area contributed by atoms with Gasteiger partial charge in [0.2, 0.25) is 11.9 Å². The summed E-state index contributed by atoms with van der Waals surface area (Å²) in [7, 11) is 1.64. The fourth-order valence-electron chi connectivity index (χ4n) is 1.78. The van der Waals surface area contributed by atoms with Gasteiger partial charge in [-0.2, -0.15) is 15.0 Å². The second kappa shape index (κ2) is 5.23. The van der Waals surface area contributed by atoms with Crippen molar-refractivity contribution in [3.05, 3.63) is 48.6 Å². The number of rotatable bonds is 3. The number of hydrogen-bond donors (Lipinski definition) is 1. The highest BCUT2D eigenvalue weighted by atomic mass is 19.1. The molecule has 0 bridgehead atoms. The van der Waals surface area contributed by atoms with E-state index in [0.29, 0.717) is 5.95 Å². The van der Waals surface area contributed by atoms with Crippen LogP contribution in [0.3, 0.4) is 0 Å². The van der Waals surface area contributed by atoms with Gasteiger partial charge >= 0.3 is 0 Å². The Balaban J connectivity index is 2.15. The standard InChI is InChI=1S/C13H10F2N6/c1-16-12-18-11(8-4-9(14)6-10(15)5-8)19-13(20-12)21-3-2-17-7-21/h2-7H,1H3,(H,16,18,19,20). The van der Waals surface area contributed by atoms with Gasteiger partial charge in [0.15, 0.2) is 5.82 Å². The minimum atomic E-state index is -0.694. The van der Waals surface area contributed by atoms with E-state index in [-0.39, 0.29) is 17.3 Å². The Hall–Kier alpha value is -2.90. The van der Waals surface area contributed by atoms with E-state index < -0.39 is 11.6 Å². The van der Waals surface area contributed by atoms with E-state index in [1.807, 2.05) is 0 Å². The molecule has 6 nitrogen and oxygen atoms in total. The van der Waals surface area contributed by atoms with E-state index in [1.165, 1.54) is 6.33 Å². The van der Waals surface area contributed by atoms with Crippen LogP contribution < -0.4 is 5.32 Å². The normalized spacial score (nSPS) is 10.6. The molecule has 8 heteroatoms. The zero-order valence-electron chi connectivity index (χ0n) is 11.0. The molecule has 0 saturated carbocycles. The summed E-state index contributed by atoms with van der Waals surface area (Å²) in [5.74, 6) is -0.641. The predicted octanol–water partition coefficient (Wildman–Crippen LogP) is 2.04. The Labute approximate surface area is 118 Å². The van der Waals surface area contributed by atoms with Gasteiger partial charge in [-0.1, -0.05) is 0 Å². The third-order valence-corrected chi connectivity index (χ3v) is 2.70. The number of anilines is 1. The SMILES string of the molecule is CNc1nc(-c2cc(F)cc(F)c2)nc(-n2ccnc2)n1. The molecule has 2 aromatic heterocycles. The van der Waals surface area contributed by atoms with Gasteiger partial charge < -0.3 is 5.32 Å². The fourth-order valence-corrected chi connectivity index (χ4v) is 1.78. The first kappa shape index (κ1) is 13.1. The lowest BCUT2D eigenvalue weighted by atomic mass is 10.2. The smallest absolute Gasteiger partial charge is 0.240 e. The molecule has 2 heterocycles. The topological polar surface area (TPSA) is 68.5 Å². The van der Waals surface area contributed by atoms with Crippen LogP contribution in [0.5, 0.6) is 0 Å². The van der Waals surface area contributed by atoms with Gasteiger partial charge in [-0.05, 0) is 12.1 Å². The minimum Gasteiger partial charge on any atom is -0.357 e. The molecule has 0 aliphatic carbocycles. The molecule has 0 radical (unpaired) electrons. The lowest BCUT2D eigenvalue weighted by Gasteiger charge is -2.07. The van der Waals surface area contributed by atoms with E-state index in [4.69, 9.17) is 0 Å².